The van der Waals surface area contributed by atoms with Crippen LogP contribution in [0.25, 0.3) is 0 Å². The molecule has 0 aromatic carbocycles. The van der Waals surface area contributed by atoms with Crippen molar-refractivity contribution in [2.75, 3.05) is 18.6 Å². The Kier molecular flexibility index (Phi) is 7.45. The third kappa shape index (κ3) is 4.61. The number of nitrogens with zero attached hydrogens (tertiary/aromatic N) is 7. The third-order valence-corrected chi connectivity index (χ3v) is 8.18. The summed E-state index contributed by atoms with van der Waals surface area (Å²) in [6.07, 6.45) is 1.63. The fourth-order valence-electron chi connectivity index (χ4n) is 3.47. The van der Waals surface area contributed by atoms with E-state index in [0.717, 1.165) is 16.2 Å². The lowest BCUT2D eigenvalue weighted by Crippen LogP contribution is -2.71. The number of allylic oxidation sites excluding steroid dienone is 1. The molecule has 1 saturated heterocycles. The Morgan fingerprint density at radius 3 is 2.92 bits per heavy atom. The van der Waals surface area contributed by atoms with Crippen LogP contribution in [0.1, 0.15) is 5.69 Å². The van der Waals surface area contributed by atoms with Gasteiger partial charge in [0, 0.05) is 16.9 Å². The molecule has 36 heavy (non-hydrogen) atoms. The van der Waals surface area contributed by atoms with E-state index in [0.29, 0.717) is 27.8 Å². The summed E-state index contributed by atoms with van der Waals surface area (Å²) in [4.78, 5) is 43.5. The highest BCUT2D eigenvalue weighted by Gasteiger charge is 2.54. The van der Waals surface area contributed by atoms with Gasteiger partial charge in [0.25, 0.3) is 11.8 Å². The number of aromatic nitrogens is 5. The zero-order valence-electron chi connectivity index (χ0n) is 18.5. The van der Waals surface area contributed by atoms with E-state index in [4.69, 9.17) is 10.2 Å². The molecule has 1 fully saturated rings. The van der Waals surface area contributed by atoms with Crippen LogP contribution in [0.4, 0.5) is 0 Å². The molecule has 4 rings (SSSR count). The van der Waals surface area contributed by atoms with Gasteiger partial charge in [-0.05, 0) is 16.0 Å². The Morgan fingerprint density at radius 1 is 1.50 bits per heavy atom. The van der Waals surface area contributed by atoms with Gasteiger partial charge in [-0.3, -0.25) is 19.9 Å². The molecule has 190 valence electrons. The molecular formula is C18H19N9O6S3. The van der Waals surface area contributed by atoms with Crippen molar-refractivity contribution in [3.8, 4) is 0 Å². The van der Waals surface area contributed by atoms with Crippen LogP contribution in [0.3, 0.4) is 0 Å². The number of rotatable bonds is 10. The Balaban J connectivity index is 1.50. The Bertz CT molecular complexity index is 1350. The lowest BCUT2D eigenvalue weighted by molar-refractivity contribution is -0.150. The monoisotopic (exact) mass is 553 g/mol. The Morgan fingerprint density at radius 2 is 2.28 bits per heavy atom. The number of hydrogen-bond acceptors (Lipinski definition) is 13. The number of carboxylic acids is 1. The number of amides is 2. The molecular weight excluding hydrogens is 534 g/mol. The summed E-state index contributed by atoms with van der Waals surface area (Å²) in [5.41, 5.74) is -0.0527. The minimum Gasteiger partial charge on any atom is -0.477 e. The summed E-state index contributed by atoms with van der Waals surface area (Å²) in [5.74, 6) is -2.14. The van der Waals surface area contributed by atoms with Crippen molar-refractivity contribution < 1.29 is 29.5 Å². The molecule has 0 spiro atoms. The van der Waals surface area contributed by atoms with Crippen molar-refractivity contribution in [2.45, 2.75) is 23.1 Å². The molecule has 2 amide bonds. The predicted molar refractivity (Wildman–Crippen MR) is 127 cm³/mol. The molecule has 15 nitrogen and oxygen atoms in total. The van der Waals surface area contributed by atoms with Crippen LogP contribution in [0.5, 0.6) is 0 Å². The van der Waals surface area contributed by atoms with Crippen LogP contribution in [-0.2, 0) is 25.8 Å². The van der Waals surface area contributed by atoms with E-state index < -0.39 is 29.2 Å². The molecule has 0 bridgehead atoms. The quantitative estimate of drug-likeness (QED) is 0.0725. The second-order valence-electron chi connectivity index (χ2n) is 7.20. The van der Waals surface area contributed by atoms with Crippen molar-refractivity contribution in [3.05, 3.63) is 39.8 Å². The smallest absolute Gasteiger partial charge is 0.352 e. The zero-order chi connectivity index (χ0) is 26.0. The summed E-state index contributed by atoms with van der Waals surface area (Å²) < 4.78 is 1.98. The van der Waals surface area contributed by atoms with E-state index in [2.05, 4.69) is 32.6 Å². The molecule has 2 atom stereocenters. The number of hydrogen-bond donors (Lipinski definition) is 4. The third-order valence-electron chi connectivity index (χ3n) is 5.06. The van der Waals surface area contributed by atoms with E-state index in [1.165, 1.54) is 40.7 Å². The van der Waals surface area contributed by atoms with Gasteiger partial charge in [0.05, 0.1) is 6.54 Å². The van der Waals surface area contributed by atoms with Gasteiger partial charge in [0.1, 0.15) is 29.9 Å². The number of carbonyl (C=O) groups excluding carboxylic acids is 2. The number of β-lactam (4-membered cyclic amide) rings is 1. The topological polar surface area (TPSA) is 201 Å². The number of oxime groups is 1. The highest BCUT2D eigenvalue weighted by atomic mass is 32.2. The van der Waals surface area contributed by atoms with E-state index in [-0.39, 0.29) is 27.7 Å². The molecule has 2 aliphatic rings. The fourth-order valence-corrected chi connectivity index (χ4v) is 6.47. The van der Waals surface area contributed by atoms with Crippen molar-refractivity contribution in [1.82, 2.24) is 35.2 Å². The molecule has 0 aliphatic carbocycles. The first kappa shape index (κ1) is 25.5. The second kappa shape index (κ2) is 10.5. The second-order valence-corrected chi connectivity index (χ2v) is 10.1. The summed E-state index contributed by atoms with van der Waals surface area (Å²) in [7, 11) is 1.20. The molecule has 0 unspecified atom stereocenters. The van der Waals surface area contributed by atoms with Crippen LogP contribution < -0.4 is 10.1 Å². The fraction of sp³-hybridized carbons (Fsp3) is 0.333. The van der Waals surface area contributed by atoms with Gasteiger partial charge < -0.3 is 20.5 Å². The van der Waals surface area contributed by atoms with Crippen LogP contribution in [0.2, 0.25) is 0 Å². The van der Waals surface area contributed by atoms with Crippen molar-refractivity contribution in [3.63, 3.8) is 0 Å². The molecule has 0 radical (unpaired) electrons. The number of tetrazole rings is 1. The number of fused-ring (bicyclic) bond motifs is 1. The summed E-state index contributed by atoms with van der Waals surface area (Å²) >= 11 is 3.40. The number of thiazole rings is 1. The number of aliphatic carboxylic acids is 1. The first-order valence-corrected chi connectivity index (χ1v) is 13.0. The predicted octanol–water partition coefficient (Wildman–Crippen LogP) is -0.680. The minimum absolute atomic E-state index is 0.0893. The molecule has 4 heterocycles. The lowest BCUT2D eigenvalue weighted by Gasteiger charge is -2.49. The number of carboxylic acid groups (broad SMARTS) is 1. The van der Waals surface area contributed by atoms with Crippen LogP contribution >= 0.6 is 34.9 Å². The number of thioether (sulfide) groups is 2. The largest absolute Gasteiger partial charge is 0.477 e. The van der Waals surface area contributed by atoms with Crippen molar-refractivity contribution in [1.29, 1.82) is 5.41 Å². The molecule has 18 heteroatoms. The van der Waals surface area contributed by atoms with E-state index in [9.17, 15) is 24.7 Å². The first-order valence-electron chi connectivity index (χ1n) is 10.0. The lowest BCUT2D eigenvalue weighted by atomic mass is 10.0. The maximum absolute atomic E-state index is 12.9. The average molecular weight is 554 g/mol. The van der Waals surface area contributed by atoms with Crippen molar-refractivity contribution in [2.24, 2.45) is 5.16 Å². The molecule has 2 aliphatic heterocycles. The Hall–Kier alpha value is -3.64. The minimum atomic E-state index is -1.26. The average Bonchev–Trinajstić information content (AvgIpc) is 3.44. The highest BCUT2D eigenvalue weighted by Crippen LogP contribution is 2.41. The van der Waals surface area contributed by atoms with Crippen LogP contribution in [-0.4, -0.2) is 93.7 Å². The molecule has 2 aromatic rings. The van der Waals surface area contributed by atoms with Gasteiger partial charge in [-0.2, -0.15) is 4.73 Å². The summed E-state index contributed by atoms with van der Waals surface area (Å²) in [6, 6.07) is -1.02. The van der Waals surface area contributed by atoms with Gasteiger partial charge in [-0.15, -0.1) is 34.8 Å². The van der Waals surface area contributed by atoms with E-state index in [1.54, 1.807) is 6.08 Å². The van der Waals surface area contributed by atoms with Gasteiger partial charge >= 0.3 is 5.97 Å². The SMILES string of the molecule is C=CCn1nnnc1SCC1=C(C(=O)O)N2C(=O)[C@@H](NC(=O)C(=NOC)c3csc(=N)n3O)[C@@H]2SC1. The van der Waals surface area contributed by atoms with Gasteiger partial charge in [0.15, 0.2) is 5.71 Å². The maximum atomic E-state index is 12.9. The number of carbonyl (C=O) groups is 3. The van der Waals surface area contributed by atoms with E-state index >= 15 is 0 Å². The van der Waals surface area contributed by atoms with Crippen molar-refractivity contribution >= 4 is 58.4 Å². The normalized spacial score (nSPS) is 19.5. The van der Waals surface area contributed by atoms with Crippen LogP contribution in [0, 0.1) is 5.41 Å². The molecule has 0 saturated carbocycles. The standard InChI is InChI=1S/C18H19N9O6S3/c1-3-4-25-18(21-23-24-25)36-6-8-5-34-15-11(14(29)26(15)12(8)16(30)31)20-13(28)10(22-33-2)9-7-35-17(19)27(9)32/h3,7,11,15,19,32H,1,4-6H2,2H3,(H,20,28)(H,30,31)/t11-,15+/m1/s1. The highest BCUT2D eigenvalue weighted by molar-refractivity contribution is 8.01. The maximum Gasteiger partial charge on any atom is 0.352 e. The Labute approximate surface area is 214 Å². The molecule has 2 aromatic heterocycles. The first-order chi connectivity index (χ1) is 17.3. The van der Waals surface area contributed by atoms with Gasteiger partial charge in [0.2, 0.25) is 9.96 Å². The number of nitrogens with one attached hydrogen (secondary N) is 2. The molecule has 4 N–H and O–H groups in total. The zero-order valence-corrected chi connectivity index (χ0v) is 21.0. The van der Waals surface area contributed by atoms with Gasteiger partial charge in [-0.25, -0.2) is 9.48 Å². The van der Waals surface area contributed by atoms with Gasteiger partial charge in [-0.1, -0.05) is 23.0 Å². The van der Waals surface area contributed by atoms with Crippen LogP contribution in [0.15, 0.2) is 39.6 Å². The van der Waals surface area contributed by atoms with E-state index in [1.807, 2.05) is 0 Å². The summed E-state index contributed by atoms with van der Waals surface area (Å²) in [5, 5.41) is 46.1. The summed E-state index contributed by atoms with van der Waals surface area (Å²) in [6.45, 7) is 4.03.